The molecule has 6 nitrogen and oxygen atoms in total. The van der Waals surface area contributed by atoms with Gasteiger partial charge in [0.25, 0.3) is 0 Å². The van der Waals surface area contributed by atoms with E-state index < -0.39 is 5.60 Å². The third kappa shape index (κ3) is 3.23. The molecule has 1 aliphatic rings. The average Bonchev–Trinajstić information content (AvgIpc) is 3.29. The zero-order valence-corrected chi connectivity index (χ0v) is 18.7. The summed E-state index contributed by atoms with van der Waals surface area (Å²) >= 11 is 0. The van der Waals surface area contributed by atoms with Gasteiger partial charge in [0, 0.05) is 30.4 Å². The number of H-pyrrole nitrogens is 1. The highest BCUT2D eigenvalue weighted by Crippen LogP contribution is 2.40. The van der Waals surface area contributed by atoms with Crippen molar-refractivity contribution in [1.29, 1.82) is 0 Å². The van der Waals surface area contributed by atoms with E-state index in [0.29, 0.717) is 34.7 Å². The molecule has 0 aliphatic carbocycles. The second-order valence-corrected chi connectivity index (χ2v) is 8.73. The predicted molar refractivity (Wildman–Crippen MR) is 131 cm³/mol. The first-order chi connectivity index (χ1) is 16.5. The molecule has 34 heavy (non-hydrogen) atoms. The van der Waals surface area contributed by atoms with Crippen LogP contribution in [0.4, 0.5) is 0 Å². The van der Waals surface area contributed by atoms with Crippen molar-refractivity contribution >= 4 is 10.9 Å². The smallest absolute Gasteiger partial charge is 0.249 e. The van der Waals surface area contributed by atoms with Crippen molar-refractivity contribution in [2.45, 2.75) is 12.0 Å². The normalized spacial score (nSPS) is 17.4. The van der Waals surface area contributed by atoms with Crippen molar-refractivity contribution in [1.82, 2.24) is 14.5 Å². The van der Waals surface area contributed by atoms with Crippen molar-refractivity contribution in [2.75, 3.05) is 6.61 Å². The number of aliphatic hydroxyl groups is 1. The largest absolute Gasteiger partial charge is 0.493 e. The molecule has 3 aromatic carbocycles. The number of nitrogens with one attached hydrogen (secondary N) is 1. The fourth-order valence-electron chi connectivity index (χ4n) is 4.88. The van der Waals surface area contributed by atoms with Crippen molar-refractivity contribution in [3.05, 3.63) is 118 Å². The van der Waals surface area contributed by atoms with Crippen LogP contribution >= 0.6 is 0 Å². The van der Waals surface area contributed by atoms with E-state index in [1.807, 2.05) is 66.2 Å². The SMILES string of the molecule is Cn1cncc1C1(O)c2cccc(c2)OCCc2cccc(c2)-c2cc(=O)[nH]c3ccc1cc23. The Hall–Kier alpha value is -4.16. The highest BCUT2D eigenvalue weighted by molar-refractivity contribution is 5.95. The summed E-state index contributed by atoms with van der Waals surface area (Å²) < 4.78 is 7.89. The van der Waals surface area contributed by atoms with Crippen LogP contribution in [0.15, 0.2) is 90.1 Å². The second-order valence-electron chi connectivity index (χ2n) is 8.73. The molecular formula is C28H23N3O3. The van der Waals surface area contributed by atoms with Crippen LogP contribution in [0, 0.1) is 0 Å². The van der Waals surface area contributed by atoms with Crippen LogP contribution in [0.3, 0.4) is 0 Å². The summed E-state index contributed by atoms with van der Waals surface area (Å²) in [6.45, 7) is 0.493. The van der Waals surface area contributed by atoms with Gasteiger partial charge in [-0.25, -0.2) is 4.98 Å². The van der Waals surface area contributed by atoms with Gasteiger partial charge in [-0.2, -0.15) is 0 Å². The number of aromatic nitrogens is 3. The topological polar surface area (TPSA) is 80.1 Å². The molecule has 6 heteroatoms. The van der Waals surface area contributed by atoms with E-state index in [0.717, 1.165) is 28.5 Å². The fourth-order valence-corrected chi connectivity index (χ4v) is 4.88. The number of rotatable bonds is 1. The first-order valence-corrected chi connectivity index (χ1v) is 11.2. The number of pyridine rings is 1. The van der Waals surface area contributed by atoms with E-state index >= 15 is 0 Å². The lowest BCUT2D eigenvalue weighted by atomic mass is 9.82. The van der Waals surface area contributed by atoms with Crippen molar-refractivity contribution in [3.8, 4) is 16.9 Å². The molecule has 6 bridgehead atoms. The van der Waals surface area contributed by atoms with Crippen LogP contribution in [0.1, 0.15) is 22.4 Å². The minimum atomic E-state index is -1.49. The lowest BCUT2D eigenvalue weighted by Gasteiger charge is -2.30. The number of nitrogens with zero attached hydrogens (tertiary/aromatic N) is 2. The molecule has 0 radical (unpaired) electrons. The van der Waals surface area contributed by atoms with Crippen LogP contribution < -0.4 is 10.3 Å². The number of benzene rings is 3. The van der Waals surface area contributed by atoms with Crippen LogP contribution in [-0.4, -0.2) is 26.2 Å². The predicted octanol–water partition coefficient (Wildman–Crippen LogP) is 4.15. The Balaban J connectivity index is 1.72. The lowest BCUT2D eigenvalue weighted by molar-refractivity contribution is 0.117. The van der Waals surface area contributed by atoms with Crippen molar-refractivity contribution in [2.24, 2.45) is 7.05 Å². The molecule has 1 aliphatic heterocycles. The molecule has 0 spiro atoms. The molecule has 0 saturated heterocycles. The zero-order valence-electron chi connectivity index (χ0n) is 18.7. The molecule has 3 heterocycles. The highest BCUT2D eigenvalue weighted by atomic mass is 16.5. The summed E-state index contributed by atoms with van der Waals surface area (Å²) in [5.41, 5.74) is 3.93. The number of fused-ring (bicyclic) bond motifs is 6. The van der Waals surface area contributed by atoms with Crippen LogP contribution in [0.2, 0.25) is 0 Å². The number of hydrogen-bond donors (Lipinski definition) is 2. The van der Waals surface area contributed by atoms with Gasteiger partial charge in [-0.05, 0) is 52.1 Å². The standard InChI is InChI=1S/C28H23N3O3/c1-31-17-29-16-26(31)28(33)20-6-3-7-22(13-20)34-11-10-18-4-2-5-19(12-18)23-15-27(32)30-25-9-8-21(28)14-24(23)25/h2-9,12-17,33H,10-11H2,1H3,(H,30,32). The summed E-state index contributed by atoms with van der Waals surface area (Å²) in [7, 11) is 1.86. The summed E-state index contributed by atoms with van der Waals surface area (Å²) in [5, 5.41) is 13.2. The Labute approximate surface area is 196 Å². The maximum atomic E-state index is 12.5. The summed E-state index contributed by atoms with van der Waals surface area (Å²) in [6, 6.07) is 23.0. The number of hydrogen-bond acceptors (Lipinski definition) is 4. The number of imidazole rings is 1. The van der Waals surface area contributed by atoms with Gasteiger partial charge in [-0.1, -0.05) is 42.5 Å². The van der Waals surface area contributed by atoms with Gasteiger partial charge in [0.1, 0.15) is 5.75 Å². The second kappa shape index (κ2) is 7.71. The first-order valence-electron chi connectivity index (χ1n) is 11.2. The molecule has 5 aromatic rings. The molecule has 0 saturated carbocycles. The molecule has 2 aromatic heterocycles. The molecule has 6 rings (SSSR count). The average molecular weight is 450 g/mol. The third-order valence-electron chi connectivity index (χ3n) is 6.60. The van der Waals surface area contributed by atoms with E-state index in [4.69, 9.17) is 4.74 Å². The van der Waals surface area contributed by atoms with E-state index in [-0.39, 0.29) is 5.56 Å². The van der Waals surface area contributed by atoms with Crippen LogP contribution in [0.25, 0.3) is 22.0 Å². The Bertz CT molecular complexity index is 1600. The maximum absolute atomic E-state index is 12.5. The minimum Gasteiger partial charge on any atom is -0.493 e. The Kier molecular flexibility index (Phi) is 4.64. The van der Waals surface area contributed by atoms with Gasteiger partial charge in [-0.3, -0.25) is 4.79 Å². The van der Waals surface area contributed by atoms with E-state index in [2.05, 4.69) is 22.1 Å². The zero-order chi connectivity index (χ0) is 23.3. The number of ether oxygens (including phenoxy) is 1. The molecule has 0 fully saturated rings. The third-order valence-corrected chi connectivity index (χ3v) is 6.60. The molecule has 0 amide bonds. The Morgan fingerprint density at radius 2 is 1.88 bits per heavy atom. The maximum Gasteiger partial charge on any atom is 0.249 e. The number of aryl methyl sites for hydroxylation is 1. The van der Waals surface area contributed by atoms with Gasteiger partial charge in [0.05, 0.1) is 24.8 Å². The molecule has 2 N–H and O–H groups in total. The monoisotopic (exact) mass is 449 g/mol. The van der Waals surface area contributed by atoms with Gasteiger partial charge >= 0.3 is 0 Å². The summed E-state index contributed by atoms with van der Waals surface area (Å²) in [5.74, 6) is 0.692. The molecule has 1 atom stereocenters. The molecular weight excluding hydrogens is 426 g/mol. The van der Waals surface area contributed by atoms with Crippen LogP contribution in [0.5, 0.6) is 5.75 Å². The Morgan fingerprint density at radius 1 is 1.03 bits per heavy atom. The van der Waals surface area contributed by atoms with E-state index in [1.165, 1.54) is 0 Å². The van der Waals surface area contributed by atoms with Gasteiger partial charge in [-0.15, -0.1) is 0 Å². The Morgan fingerprint density at radius 3 is 2.74 bits per heavy atom. The summed E-state index contributed by atoms with van der Waals surface area (Å²) in [4.78, 5) is 19.7. The summed E-state index contributed by atoms with van der Waals surface area (Å²) in [6.07, 6.45) is 4.07. The van der Waals surface area contributed by atoms with Gasteiger partial charge in [0.15, 0.2) is 5.60 Å². The molecule has 168 valence electrons. The van der Waals surface area contributed by atoms with Gasteiger partial charge in [0.2, 0.25) is 5.56 Å². The highest BCUT2D eigenvalue weighted by Gasteiger charge is 2.37. The molecule has 1 unspecified atom stereocenters. The van der Waals surface area contributed by atoms with E-state index in [1.54, 1.807) is 18.6 Å². The van der Waals surface area contributed by atoms with E-state index in [9.17, 15) is 9.90 Å². The fraction of sp³-hybridized carbons (Fsp3) is 0.143. The quantitative estimate of drug-likeness (QED) is 0.403. The number of aromatic amines is 1. The minimum absolute atomic E-state index is 0.167. The lowest BCUT2D eigenvalue weighted by Crippen LogP contribution is -2.31. The van der Waals surface area contributed by atoms with Crippen molar-refractivity contribution < 1.29 is 9.84 Å². The first kappa shape index (κ1) is 20.4. The van der Waals surface area contributed by atoms with Crippen molar-refractivity contribution in [3.63, 3.8) is 0 Å². The van der Waals surface area contributed by atoms with Crippen LogP contribution in [-0.2, 0) is 19.1 Å². The van der Waals surface area contributed by atoms with Gasteiger partial charge < -0.3 is 19.4 Å².